The third-order valence-corrected chi connectivity index (χ3v) is 4.69. The van der Waals surface area contributed by atoms with Crippen molar-refractivity contribution < 1.29 is 9.53 Å². The second kappa shape index (κ2) is 7.84. The zero-order valence-electron chi connectivity index (χ0n) is 12.2. The zero-order valence-corrected chi connectivity index (χ0v) is 12.2. The van der Waals surface area contributed by atoms with Crippen molar-refractivity contribution in [1.29, 1.82) is 0 Å². The van der Waals surface area contributed by atoms with E-state index in [-0.39, 0.29) is 6.10 Å². The van der Waals surface area contributed by atoms with Crippen molar-refractivity contribution in [3.05, 3.63) is 12.2 Å². The summed E-state index contributed by atoms with van der Waals surface area (Å²) in [5.41, 5.74) is 0. The smallest absolute Gasteiger partial charge is 0.122 e. The fourth-order valence-electron chi connectivity index (χ4n) is 3.67. The van der Waals surface area contributed by atoms with E-state index in [0.29, 0.717) is 24.4 Å². The van der Waals surface area contributed by atoms with Crippen LogP contribution in [0.25, 0.3) is 0 Å². The largest absolute Gasteiger partial charge is 0.374 e. The van der Waals surface area contributed by atoms with Crippen LogP contribution in [-0.2, 0) is 9.53 Å². The van der Waals surface area contributed by atoms with E-state index in [0.717, 1.165) is 6.29 Å². The SMILES string of the molecule is CCCCCCC=CC1C(CC=O)OC2CCCC21. The molecule has 1 heterocycles. The van der Waals surface area contributed by atoms with Gasteiger partial charge in [-0.2, -0.15) is 0 Å². The number of carbonyl (C=O) groups is 1. The highest BCUT2D eigenvalue weighted by Gasteiger charge is 2.44. The van der Waals surface area contributed by atoms with Crippen LogP contribution in [-0.4, -0.2) is 18.5 Å². The zero-order chi connectivity index (χ0) is 13.5. The van der Waals surface area contributed by atoms with Gasteiger partial charge in [-0.15, -0.1) is 0 Å². The summed E-state index contributed by atoms with van der Waals surface area (Å²) in [4.78, 5) is 10.8. The summed E-state index contributed by atoms with van der Waals surface area (Å²) in [6, 6.07) is 0. The quantitative estimate of drug-likeness (QED) is 0.371. The Morgan fingerprint density at radius 2 is 2.11 bits per heavy atom. The van der Waals surface area contributed by atoms with Gasteiger partial charge in [-0.1, -0.05) is 44.8 Å². The lowest BCUT2D eigenvalue weighted by molar-refractivity contribution is -0.110. The maximum atomic E-state index is 10.8. The molecule has 1 aliphatic carbocycles. The Morgan fingerprint density at radius 3 is 2.89 bits per heavy atom. The molecule has 2 heteroatoms. The van der Waals surface area contributed by atoms with E-state index in [1.54, 1.807) is 0 Å². The molecule has 1 saturated carbocycles. The van der Waals surface area contributed by atoms with E-state index in [1.807, 2.05) is 0 Å². The number of rotatable bonds is 8. The van der Waals surface area contributed by atoms with Crippen LogP contribution < -0.4 is 0 Å². The number of hydrogen-bond donors (Lipinski definition) is 0. The Bertz CT molecular complexity index is 298. The Hall–Kier alpha value is -0.630. The normalized spacial score (nSPS) is 33.9. The molecule has 0 aromatic carbocycles. The molecule has 2 rings (SSSR count). The minimum absolute atomic E-state index is 0.152. The predicted octanol–water partition coefficient (Wildman–Crippen LogP) is 4.29. The number of unbranched alkanes of at least 4 members (excludes halogenated alkanes) is 4. The molecule has 0 aromatic heterocycles. The van der Waals surface area contributed by atoms with Crippen molar-refractivity contribution in [3.8, 4) is 0 Å². The summed E-state index contributed by atoms with van der Waals surface area (Å²) in [6.45, 7) is 2.25. The summed E-state index contributed by atoms with van der Waals surface area (Å²) in [6.07, 6.45) is 17.1. The van der Waals surface area contributed by atoms with Crippen LogP contribution in [0.3, 0.4) is 0 Å². The Balaban J connectivity index is 1.81. The molecule has 0 bridgehead atoms. The fourth-order valence-corrected chi connectivity index (χ4v) is 3.67. The van der Waals surface area contributed by atoms with Crippen molar-refractivity contribution in [2.24, 2.45) is 11.8 Å². The van der Waals surface area contributed by atoms with Gasteiger partial charge in [-0.05, 0) is 31.6 Å². The first-order chi connectivity index (χ1) is 9.36. The van der Waals surface area contributed by atoms with Gasteiger partial charge in [-0.3, -0.25) is 0 Å². The van der Waals surface area contributed by atoms with Crippen molar-refractivity contribution in [1.82, 2.24) is 0 Å². The Labute approximate surface area is 117 Å². The van der Waals surface area contributed by atoms with Crippen molar-refractivity contribution >= 4 is 6.29 Å². The number of aldehydes is 1. The number of allylic oxidation sites excluding steroid dienone is 1. The fraction of sp³-hybridized carbons (Fsp3) is 0.824. The molecule has 4 atom stereocenters. The van der Waals surface area contributed by atoms with Gasteiger partial charge in [0.15, 0.2) is 0 Å². The van der Waals surface area contributed by atoms with Gasteiger partial charge in [0.05, 0.1) is 12.2 Å². The van der Waals surface area contributed by atoms with Crippen LogP contribution in [0.2, 0.25) is 0 Å². The molecule has 0 radical (unpaired) electrons. The topological polar surface area (TPSA) is 26.3 Å². The van der Waals surface area contributed by atoms with Crippen molar-refractivity contribution in [2.75, 3.05) is 0 Å². The minimum atomic E-state index is 0.152. The highest BCUT2D eigenvalue weighted by molar-refractivity contribution is 5.50. The first-order valence-electron chi connectivity index (χ1n) is 8.12. The van der Waals surface area contributed by atoms with E-state index in [2.05, 4.69) is 19.1 Å². The third-order valence-electron chi connectivity index (χ3n) is 4.69. The summed E-state index contributed by atoms with van der Waals surface area (Å²) < 4.78 is 6.05. The maximum Gasteiger partial charge on any atom is 0.122 e. The average Bonchev–Trinajstić information content (AvgIpc) is 2.96. The molecule has 0 N–H and O–H groups in total. The molecular formula is C17H28O2. The lowest BCUT2D eigenvalue weighted by atomic mass is 9.86. The summed E-state index contributed by atoms with van der Waals surface area (Å²) in [5, 5.41) is 0. The van der Waals surface area contributed by atoms with Crippen LogP contribution in [0.15, 0.2) is 12.2 Å². The van der Waals surface area contributed by atoms with Crippen LogP contribution in [0, 0.1) is 11.8 Å². The lowest BCUT2D eigenvalue weighted by Crippen LogP contribution is -2.18. The van der Waals surface area contributed by atoms with E-state index < -0.39 is 0 Å². The van der Waals surface area contributed by atoms with Gasteiger partial charge in [0.25, 0.3) is 0 Å². The lowest BCUT2D eigenvalue weighted by Gasteiger charge is -2.16. The van der Waals surface area contributed by atoms with Crippen molar-refractivity contribution in [3.63, 3.8) is 0 Å². The summed E-state index contributed by atoms with van der Waals surface area (Å²) in [5.74, 6) is 1.17. The molecular weight excluding hydrogens is 236 g/mol. The number of fused-ring (bicyclic) bond motifs is 1. The van der Waals surface area contributed by atoms with E-state index in [9.17, 15) is 4.79 Å². The molecule has 1 saturated heterocycles. The van der Waals surface area contributed by atoms with Crippen LogP contribution in [0.4, 0.5) is 0 Å². The Morgan fingerprint density at radius 1 is 1.21 bits per heavy atom. The third kappa shape index (κ3) is 3.92. The van der Waals surface area contributed by atoms with Crippen LogP contribution >= 0.6 is 0 Å². The molecule has 19 heavy (non-hydrogen) atoms. The maximum absolute atomic E-state index is 10.8. The first kappa shape index (κ1) is 14.8. The monoisotopic (exact) mass is 264 g/mol. The Kier molecular flexibility index (Phi) is 6.09. The minimum Gasteiger partial charge on any atom is -0.374 e. The molecule has 4 unspecified atom stereocenters. The summed E-state index contributed by atoms with van der Waals surface area (Å²) in [7, 11) is 0. The number of ether oxygens (including phenoxy) is 1. The van der Waals surface area contributed by atoms with Gasteiger partial charge in [-0.25, -0.2) is 0 Å². The van der Waals surface area contributed by atoms with E-state index in [1.165, 1.54) is 51.4 Å². The van der Waals surface area contributed by atoms with Gasteiger partial charge < -0.3 is 9.53 Å². The second-order valence-electron chi connectivity index (χ2n) is 6.06. The second-order valence-corrected chi connectivity index (χ2v) is 6.06. The molecule has 1 aliphatic heterocycles. The van der Waals surface area contributed by atoms with Crippen LogP contribution in [0.1, 0.15) is 64.7 Å². The van der Waals surface area contributed by atoms with Gasteiger partial charge in [0, 0.05) is 12.3 Å². The average molecular weight is 264 g/mol. The number of hydrogen-bond acceptors (Lipinski definition) is 2. The summed E-state index contributed by atoms with van der Waals surface area (Å²) >= 11 is 0. The highest BCUT2D eigenvalue weighted by Crippen LogP contribution is 2.44. The highest BCUT2D eigenvalue weighted by atomic mass is 16.5. The first-order valence-corrected chi connectivity index (χ1v) is 8.12. The van der Waals surface area contributed by atoms with Crippen LogP contribution in [0.5, 0.6) is 0 Å². The molecule has 0 amide bonds. The molecule has 2 aliphatic rings. The molecule has 2 fully saturated rings. The molecule has 2 nitrogen and oxygen atoms in total. The van der Waals surface area contributed by atoms with Gasteiger partial charge >= 0.3 is 0 Å². The number of carbonyl (C=O) groups excluding carboxylic acids is 1. The van der Waals surface area contributed by atoms with Gasteiger partial charge in [0.2, 0.25) is 0 Å². The predicted molar refractivity (Wildman–Crippen MR) is 78.1 cm³/mol. The molecule has 0 aromatic rings. The van der Waals surface area contributed by atoms with Gasteiger partial charge in [0.1, 0.15) is 6.29 Å². The molecule has 0 spiro atoms. The van der Waals surface area contributed by atoms with E-state index in [4.69, 9.17) is 4.74 Å². The standard InChI is InChI=1S/C17H28O2/c1-2-3-4-5-6-7-9-14-15-10-8-11-16(15)19-17(14)12-13-18/h7,9,13-17H,2-6,8,10-12H2,1H3. The molecule has 108 valence electrons. The van der Waals surface area contributed by atoms with E-state index >= 15 is 0 Å². The van der Waals surface area contributed by atoms with Crippen molar-refractivity contribution in [2.45, 2.75) is 76.9 Å².